The number of rotatable bonds is 0. The Kier molecular flexibility index (Phi) is 7.37. The quantitative estimate of drug-likeness (QED) is 0.358. The molecule has 0 atom stereocenters. The van der Waals surface area contributed by atoms with Gasteiger partial charge in [-0.1, -0.05) is 12.2 Å². The summed E-state index contributed by atoms with van der Waals surface area (Å²) in [6.07, 6.45) is 8.13. The molecule has 1 aliphatic rings. The Hall–Kier alpha value is 0.194. The summed E-state index contributed by atoms with van der Waals surface area (Å²) in [5.74, 6) is 0.435. The van der Waals surface area contributed by atoms with Crippen molar-refractivity contribution in [2.24, 2.45) is 5.92 Å². The SMILES string of the molecule is [CH2-]C1C=CC=C1.[CH3-].[Ti+2]. The normalized spacial score (nSPS) is 15.1. The molecule has 1 aliphatic carbocycles. The predicted octanol–water partition coefficient (Wildman–Crippen LogP) is 2.01. The van der Waals surface area contributed by atoms with Gasteiger partial charge in [-0.3, -0.25) is 0 Å². The Balaban J connectivity index is 0. The van der Waals surface area contributed by atoms with Crippen molar-refractivity contribution in [2.75, 3.05) is 0 Å². The summed E-state index contributed by atoms with van der Waals surface area (Å²) in [7, 11) is 0. The molecule has 0 aliphatic heterocycles. The van der Waals surface area contributed by atoms with Gasteiger partial charge in [-0.2, -0.15) is 0 Å². The standard InChI is InChI=1S/C6H7.CH3.Ti/c1-6-4-2-3-5-6;;/h2-6H,1H2;1H3;/q2*-1;+2. The molecule has 0 fully saturated rings. The van der Waals surface area contributed by atoms with Gasteiger partial charge >= 0.3 is 21.7 Å². The molecule has 0 spiro atoms. The van der Waals surface area contributed by atoms with Crippen LogP contribution in [-0.4, -0.2) is 0 Å². The first-order chi connectivity index (χ1) is 2.89. The van der Waals surface area contributed by atoms with Gasteiger partial charge in [-0.15, -0.1) is 18.1 Å². The Morgan fingerprint density at radius 2 is 1.50 bits per heavy atom. The summed E-state index contributed by atoms with van der Waals surface area (Å²) < 4.78 is 0. The summed E-state index contributed by atoms with van der Waals surface area (Å²) >= 11 is 0. The molecule has 0 nitrogen and oxygen atoms in total. The molecule has 0 aromatic carbocycles. The molecule has 1 heteroatoms. The molecule has 1 rings (SSSR count). The first-order valence-electron chi connectivity index (χ1n) is 2.07. The van der Waals surface area contributed by atoms with Crippen molar-refractivity contribution in [1.82, 2.24) is 0 Å². The Bertz CT molecular complexity index is 80.6. The molecule has 0 saturated heterocycles. The van der Waals surface area contributed by atoms with Crippen molar-refractivity contribution < 1.29 is 21.7 Å². The summed E-state index contributed by atoms with van der Waals surface area (Å²) in [5.41, 5.74) is 0. The molecule has 0 heterocycles. The van der Waals surface area contributed by atoms with Crippen LogP contribution < -0.4 is 0 Å². The van der Waals surface area contributed by atoms with E-state index in [2.05, 4.69) is 19.1 Å². The fourth-order valence-electron chi connectivity index (χ4n) is 0.478. The molecular formula is C7H10Ti. The fraction of sp³-hybridized carbons (Fsp3) is 0.143. The fourth-order valence-corrected chi connectivity index (χ4v) is 0.478. The molecular weight excluding hydrogens is 132 g/mol. The first-order valence-corrected chi connectivity index (χ1v) is 2.07. The molecule has 0 amide bonds. The van der Waals surface area contributed by atoms with E-state index >= 15 is 0 Å². The van der Waals surface area contributed by atoms with Crippen LogP contribution in [0.1, 0.15) is 0 Å². The van der Waals surface area contributed by atoms with E-state index in [0.717, 1.165) is 0 Å². The molecule has 0 unspecified atom stereocenters. The van der Waals surface area contributed by atoms with Gasteiger partial charge in [0.15, 0.2) is 0 Å². The molecule has 42 valence electrons. The second-order valence-corrected chi connectivity index (χ2v) is 1.43. The van der Waals surface area contributed by atoms with E-state index in [-0.39, 0.29) is 29.1 Å². The monoisotopic (exact) mass is 142 g/mol. The zero-order valence-electron chi connectivity index (χ0n) is 5.09. The van der Waals surface area contributed by atoms with Gasteiger partial charge in [0.2, 0.25) is 0 Å². The van der Waals surface area contributed by atoms with Crippen LogP contribution in [-0.2, 0) is 21.7 Å². The minimum atomic E-state index is 0. The largest absolute Gasteiger partial charge is 2.00 e. The zero-order chi connectivity index (χ0) is 4.41. The topological polar surface area (TPSA) is 0 Å². The van der Waals surface area contributed by atoms with Crippen LogP contribution in [0.15, 0.2) is 24.3 Å². The second-order valence-electron chi connectivity index (χ2n) is 1.43. The minimum absolute atomic E-state index is 0. The summed E-state index contributed by atoms with van der Waals surface area (Å²) in [6, 6.07) is 0. The van der Waals surface area contributed by atoms with Crippen LogP contribution >= 0.6 is 0 Å². The van der Waals surface area contributed by atoms with Crippen molar-refractivity contribution in [2.45, 2.75) is 0 Å². The molecule has 0 N–H and O–H groups in total. The number of hydrogen-bond acceptors (Lipinski definition) is 0. The van der Waals surface area contributed by atoms with Gasteiger partial charge in [0.1, 0.15) is 0 Å². The first kappa shape index (κ1) is 11.1. The van der Waals surface area contributed by atoms with Crippen LogP contribution in [0.2, 0.25) is 0 Å². The molecule has 8 heavy (non-hydrogen) atoms. The minimum Gasteiger partial charge on any atom is -0.358 e. The second kappa shape index (κ2) is 5.33. The van der Waals surface area contributed by atoms with E-state index in [1.54, 1.807) is 0 Å². The van der Waals surface area contributed by atoms with Crippen LogP contribution in [0.5, 0.6) is 0 Å². The third-order valence-corrected chi connectivity index (χ3v) is 0.828. The smallest absolute Gasteiger partial charge is 0.358 e. The maximum Gasteiger partial charge on any atom is 2.00 e. The summed E-state index contributed by atoms with van der Waals surface area (Å²) in [6.45, 7) is 3.76. The van der Waals surface area contributed by atoms with Crippen molar-refractivity contribution >= 4 is 0 Å². The van der Waals surface area contributed by atoms with Crippen LogP contribution in [0.4, 0.5) is 0 Å². The van der Waals surface area contributed by atoms with Gasteiger partial charge in [0, 0.05) is 0 Å². The molecule has 0 radical (unpaired) electrons. The van der Waals surface area contributed by atoms with Gasteiger partial charge in [-0.05, 0) is 0 Å². The summed E-state index contributed by atoms with van der Waals surface area (Å²) in [4.78, 5) is 0. The average molecular weight is 142 g/mol. The van der Waals surface area contributed by atoms with Crippen LogP contribution in [0, 0.1) is 20.3 Å². The predicted molar refractivity (Wildman–Crippen MR) is 33.5 cm³/mol. The van der Waals surface area contributed by atoms with Crippen molar-refractivity contribution in [3.8, 4) is 0 Å². The zero-order valence-corrected chi connectivity index (χ0v) is 6.66. The third kappa shape index (κ3) is 3.23. The molecule has 0 aromatic heterocycles. The van der Waals surface area contributed by atoms with E-state index in [1.165, 1.54) is 0 Å². The van der Waals surface area contributed by atoms with E-state index < -0.39 is 0 Å². The van der Waals surface area contributed by atoms with E-state index in [9.17, 15) is 0 Å². The van der Waals surface area contributed by atoms with Crippen molar-refractivity contribution in [3.05, 3.63) is 38.7 Å². The van der Waals surface area contributed by atoms with Crippen LogP contribution in [0.25, 0.3) is 0 Å². The van der Waals surface area contributed by atoms with Crippen molar-refractivity contribution in [1.29, 1.82) is 0 Å². The van der Waals surface area contributed by atoms with Gasteiger partial charge in [0.05, 0.1) is 0 Å². The number of hydrogen-bond donors (Lipinski definition) is 0. The maximum atomic E-state index is 3.76. The molecule has 0 bridgehead atoms. The van der Waals surface area contributed by atoms with Crippen LogP contribution in [0.3, 0.4) is 0 Å². The Morgan fingerprint density at radius 1 is 1.12 bits per heavy atom. The third-order valence-electron chi connectivity index (χ3n) is 0.828. The number of allylic oxidation sites excluding steroid dienone is 4. The molecule has 0 aromatic rings. The van der Waals surface area contributed by atoms with Gasteiger partial charge in [-0.25, -0.2) is 0 Å². The van der Waals surface area contributed by atoms with E-state index in [4.69, 9.17) is 0 Å². The van der Waals surface area contributed by atoms with Gasteiger partial charge < -0.3 is 14.4 Å². The summed E-state index contributed by atoms with van der Waals surface area (Å²) in [5, 5.41) is 0. The van der Waals surface area contributed by atoms with Crippen molar-refractivity contribution in [3.63, 3.8) is 0 Å². The molecule has 0 saturated carbocycles. The average Bonchev–Trinajstić information content (AvgIpc) is 1.86. The van der Waals surface area contributed by atoms with Gasteiger partial charge in [0.25, 0.3) is 0 Å². The van der Waals surface area contributed by atoms with E-state index in [1.807, 2.05) is 12.2 Å². The maximum absolute atomic E-state index is 3.76. The Labute approximate surface area is 66.6 Å². The van der Waals surface area contributed by atoms with E-state index in [0.29, 0.717) is 5.92 Å². The Morgan fingerprint density at radius 3 is 1.62 bits per heavy atom.